The van der Waals surface area contributed by atoms with E-state index in [0.29, 0.717) is 0 Å². The number of carbonyl (C=O) groups excluding carboxylic acids is 1. The van der Waals surface area contributed by atoms with Crippen LogP contribution >= 0.6 is 23.6 Å². The molecule has 1 N–H and O–H groups in total. The van der Waals surface area contributed by atoms with E-state index >= 15 is 0 Å². The molecule has 3 aromatic rings. The third kappa shape index (κ3) is 3.97. The quantitative estimate of drug-likeness (QED) is 0.668. The number of hydrogen-bond acceptors (Lipinski definition) is 3. The van der Waals surface area contributed by atoms with E-state index < -0.39 is 0 Å². The number of amides is 1. The Morgan fingerprint density at radius 2 is 1.86 bits per heavy atom. The number of quaternary nitrogens is 1. The molecule has 0 spiro atoms. The Balaban J connectivity index is 1.41. The molecule has 0 radical (unpaired) electrons. The first-order valence-corrected chi connectivity index (χ1v) is 10.8. The zero-order valence-corrected chi connectivity index (χ0v) is 17.9. The maximum atomic E-state index is 12.5. The second-order valence-corrected chi connectivity index (χ2v) is 8.76. The van der Waals surface area contributed by atoms with Crippen molar-refractivity contribution in [3.8, 4) is 5.69 Å². The molecule has 3 heterocycles. The summed E-state index contributed by atoms with van der Waals surface area (Å²) in [7, 11) is 0. The van der Waals surface area contributed by atoms with E-state index in [1.807, 2.05) is 28.6 Å². The first-order chi connectivity index (χ1) is 13.5. The van der Waals surface area contributed by atoms with Gasteiger partial charge in [-0.1, -0.05) is 12.1 Å². The van der Waals surface area contributed by atoms with Crippen molar-refractivity contribution in [3.05, 3.63) is 68.9 Å². The maximum Gasteiger partial charge on any atom is 0.264 e. The van der Waals surface area contributed by atoms with Crippen LogP contribution in [-0.4, -0.2) is 46.1 Å². The lowest BCUT2D eigenvalue weighted by Gasteiger charge is -2.32. The average molecular weight is 414 g/mol. The molecule has 28 heavy (non-hydrogen) atoms. The molecule has 0 aliphatic carbocycles. The Hall–Kier alpha value is -2.22. The van der Waals surface area contributed by atoms with E-state index in [4.69, 9.17) is 12.2 Å². The van der Waals surface area contributed by atoms with Gasteiger partial charge in [-0.3, -0.25) is 13.9 Å². The van der Waals surface area contributed by atoms with Crippen molar-refractivity contribution in [1.29, 1.82) is 0 Å². The van der Waals surface area contributed by atoms with Crippen LogP contribution in [0.25, 0.3) is 5.69 Å². The third-order valence-corrected chi connectivity index (χ3v) is 6.50. The van der Waals surface area contributed by atoms with E-state index in [9.17, 15) is 4.79 Å². The molecule has 4 rings (SSSR count). The average Bonchev–Trinajstić information content (AvgIpc) is 3.32. The topological polar surface area (TPSA) is 34.6 Å². The minimum atomic E-state index is 0.159. The van der Waals surface area contributed by atoms with E-state index in [-0.39, 0.29) is 5.91 Å². The molecule has 2 aromatic heterocycles. The summed E-state index contributed by atoms with van der Waals surface area (Å²) in [6.45, 7) is 8.50. The molecular weight excluding hydrogens is 388 g/mol. The molecule has 5 nitrogen and oxygen atoms in total. The molecule has 1 aliphatic heterocycles. The third-order valence-electron chi connectivity index (χ3n) is 5.22. The zero-order valence-electron chi connectivity index (χ0n) is 16.2. The van der Waals surface area contributed by atoms with Gasteiger partial charge < -0.3 is 9.80 Å². The van der Waals surface area contributed by atoms with Gasteiger partial charge in [0.05, 0.1) is 31.1 Å². The van der Waals surface area contributed by atoms with Gasteiger partial charge in [0.2, 0.25) is 0 Å². The molecule has 1 amide bonds. The number of benzene rings is 1. The number of aryl methyl sites for hydroxylation is 2. The highest BCUT2D eigenvalue weighted by molar-refractivity contribution is 7.71. The van der Waals surface area contributed by atoms with Crippen molar-refractivity contribution in [2.75, 3.05) is 26.2 Å². The Kier molecular flexibility index (Phi) is 5.48. The van der Waals surface area contributed by atoms with Crippen molar-refractivity contribution in [1.82, 2.24) is 14.0 Å². The van der Waals surface area contributed by atoms with E-state index in [1.165, 1.54) is 27.4 Å². The van der Waals surface area contributed by atoms with E-state index in [0.717, 1.165) is 48.2 Å². The number of nitrogens with one attached hydrogen (secondary N) is 1. The van der Waals surface area contributed by atoms with Crippen LogP contribution in [0.1, 0.15) is 20.8 Å². The second kappa shape index (κ2) is 8.03. The van der Waals surface area contributed by atoms with Crippen LogP contribution in [0, 0.1) is 18.6 Å². The number of imidazole rings is 1. The highest BCUT2D eigenvalue weighted by Gasteiger charge is 2.25. The molecule has 7 heteroatoms. The molecule has 1 fully saturated rings. The number of piperazine rings is 1. The number of aromatic nitrogens is 2. The summed E-state index contributed by atoms with van der Waals surface area (Å²) in [4.78, 5) is 16.7. The van der Waals surface area contributed by atoms with Gasteiger partial charge >= 0.3 is 0 Å². The Morgan fingerprint density at radius 3 is 2.50 bits per heavy atom. The molecule has 1 aliphatic rings. The molecule has 0 bridgehead atoms. The first-order valence-electron chi connectivity index (χ1n) is 9.54. The number of rotatable bonds is 4. The maximum absolute atomic E-state index is 12.5. The smallest absolute Gasteiger partial charge is 0.264 e. The lowest BCUT2D eigenvalue weighted by atomic mass is 10.1. The molecule has 1 saturated heterocycles. The molecule has 0 saturated carbocycles. The number of carbonyl (C=O) groups is 1. The van der Waals surface area contributed by atoms with Crippen LogP contribution in [0.3, 0.4) is 0 Å². The largest absolute Gasteiger partial charge is 0.327 e. The SMILES string of the molecule is Cc1cc(C)cc(-n2ccn(C[NH+]3CCN(C(=O)c4cccs4)CC3)c2=S)c1. The van der Waals surface area contributed by atoms with Crippen molar-refractivity contribution in [2.45, 2.75) is 20.5 Å². The predicted octanol–water partition coefficient (Wildman–Crippen LogP) is 2.69. The highest BCUT2D eigenvalue weighted by atomic mass is 32.1. The van der Waals surface area contributed by atoms with Gasteiger partial charge in [-0.2, -0.15) is 0 Å². The number of nitrogens with zero attached hydrogens (tertiary/aromatic N) is 3. The zero-order chi connectivity index (χ0) is 19.7. The van der Waals surface area contributed by atoms with Crippen LogP contribution < -0.4 is 4.90 Å². The van der Waals surface area contributed by atoms with Gasteiger partial charge in [-0.25, -0.2) is 0 Å². The van der Waals surface area contributed by atoms with Gasteiger partial charge in [0.1, 0.15) is 0 Å². The molecule has 1 aromatic carbocycles. The lowest BCUT2D eigenvalue weighted by Crippen LogP contribution is -3.14. The van der Waals surface area contributed by atoms with Gasteiger partial charge in [0.15, 0.2) is 11.4 Å². The molecule has 0 unspecified atom stereocenters. The Bertz CT molecular complexity index is 1010. The fraction of sp³-hybridized carbons (Fsp3) is 0.333. The van der Waals surface area contributed by atoms with Crippen LogP contribution in [0.2, 0.25) is 0 Å². The first kappa shape index (κ1) is 19.1. The Morgan fingerprint density at radius 1 is 1.14 bits per heavy atom. The molecule has 146 valence electrons. The number of thiophene rings is 1. The van der Waals surface area contributed by atoms with Crippen molar-refractivity contribution in [3.63, 3.8) is 0 Å². The summed E-state index contributed by atoms with van der Waals surface area (Å²) in [5.41, 5.74) is 3.59. The fourth-order valence-corrected chi connectivity index (χ4v) is 4.78. The summed E-state index contributed by atoms with van der Waals surface area (Å²) in [5.74, 6) is 0.159. The highest BCUT2D eigenvalue weighted by Crippen LogP contribution is 2.15. The summed E-state index contributed by atoms with van der Waals surface area (Å²) in [6, 6.07) is 10.3. The van der Waals surface area contributed by atoms with Gasteiger partial charge in [0, 0.05) is 18.1 Å². The van der Waals surface area contributed by atoms with Gasteiger partial charge in [-0.05, 0) is 60.8 Å². The fourth-order valence-electron chi connectivity index (χ4n) is 3.80. The van der Waals surface area contributed by atoms with Crippen LogP contribution in [-0.2, 0) is 6.67 Å². The van der Waals surface area contributed by atoms with Crippen molar-refractivity contribution in [2.24, 2.45) is 0 Å². The van der Waals surface area contributed by atoms with Crippen molar-refractivity contribution < 1.29 is 9.69 Å². The van der Waals surface area contributed by atoms with E-state index in [2.05, 4.69) is 47.4 Å². The van der Waals surface area contributed by atoms with E-state index in [1.54, 1.807) is 0 Å². The monoisotopic (exact) mass is 413 g/mol. The van der Waals surface area contributed by atoms with Crippen LogP contribution in [0.5, 0.6) is 0 Å². The summed E-state index contributed by atoms with van der Waals surface area (Å²) in [5, 5.41) is 1.96. The minimum absolute atomic E-state index is 0.159. The summed E-state index contributed by atoms with van der Waals surface area (Å²) in [6.07, 6.45) is 4.11. The normalized spacial score (nSPS) is 15.1. The van der Waals surface area contributed by atoms with Crippen molar-refractivity contribution >= 4 is 29.5 Å². The van der Waals surface area contributed by atoms with Crippen LogP contribution in [0.15, 0.2) is 48.1 Å². The molecular formula is C21H25N4OS2+. The predicted molar refractivity (Wildman–Crippen MR) is 115 cm³/mol. The van der Waals surface area contributed by atoms with Gasteiger partial charge in [0.25, 0.3) is 5.91 Å². The van der Waals surface area contributed by atoms with Gasteiger partial charge in [-0.15, -0.1) is 11.3 Å². The second-order valence-electron chi connectivity index (χ2n) is 7.44. The Labute approximate surface area is 174 Å². The molecule has 0 atom stereocenters. The summed E-state index contributed by atoms with van der Waals surface area (Å²) >= 11 is 7.24. The minimum Gasteiger partial charge on any atom is -0.327 e. The van der Waals surface area contributed by atoms with Crippen LogP contribution in [0.4, 0.5) is 0 Å². The summed E-state index contributed by atoms with van der Waals surface area (Å²) < 4.78 is 5.03. The lowest BCUT2D eigenvalue weighted by molar-refractivity contribution is -0.926. The number of hydrogen-bond donors (Lipinski definition) is 1. The standard InChI is InChI=1S/C21H24N4OS2/c1-16-12-17(2)14-18(13-16)25-10-9-24(21(25)27)15-22-5-7-23(8-6-22)20(26)19-4-3-11-28-19/h3-4,9-14H,5-8,15H2,1-2H3/p+1.